The van der Waals surface area contributed by atoms with Crippen LogP contribution in [0.15, 0.2) is 72.8 Å². The lowest BCUT2D eigenvalue weighted by molar-refractivity contribution is -0.119. The quantitative estimate of drug-likeness (QED) is 0.339. The zero-order valence-corrected chi connectivity index (χ0v) is 21.1. The molecule has 0 unspecified atom stereocenters. The molecule has 1 N–H and O–H groups in total. The van der Waals surface area contributed by atoms with E-state index in [0.717, 1.165) is 36.3 Å². The van der Waals surface area contributed by atoms with Crippen LogP contribution in [0, 0.1) is 0 Å². The normalized spacial score (nSPS) is 13.1. The van der Waals surface area contributed by atoms with Crippen LogP contribution in [0.5, 0.6) is 5.75 Å². The number of para-hydroxylation sites is 1. The van der Waals surface area contributed by atoms with Gasteiger partial charge < -0.3 is 14.8 Å². The van der Waals surface area contributed by atoms with Crippen molar-refractivity contribution in [1.29, 1.82) is 0 Å². The number of fused-ring (bicyclic) bond motifs is 2. The van der Waals surface area contributed by atoms with Crippen molar-refractivity contribution in [2.24, 2.45) is 0 Å². The number of carbonyl (C=O) groups is 2. The molecule has 0 spiro atoms. The molecule has 0 bridgehead atoms. The minimum Gasteiger partial charge on any atom is -0.495 e. The third-order valence-electron chi connectivity index (χ3n) is 6.35. The monoisotopic (exact) mass is 515 g/mol. The first-order chi connectivity index (χ1) is 18.0. The first kappa shape index (κ1) is 24.7. The number of benzene rings is 3. The predicted octanol–water partition coefficient (Wildman–Crippen LogP) is 5.25. The molecule has 7 nitrogen and oxygen atoms in total. The number of hydrogen-bond acceptors (Lipinski definition) is 6. The second-order valence-corrected chi connectivity index (χ2v) is 9.28. The van der Waals surface area contributed by atoms with Gasteiger partial charge in [0.25, 0.3) is 5.91 Å². The Bertz CT molecular complexity index is 1460. The van der Waals surface area contributed by atoms with Gasteiger partial charge in [0.05, 0.1) is 23.9 Å². The maximum Gasteiger partial charge on any atom is 0.339 e. The van der Waals surface area contributed by atoms with Gasteiger partial charge in [0.15, 0.2) is 6.61 Å². The Morgan fingerprint density at radius 3 is 2.65 bits per heavy atom. The van der Waals surface area contributed by atoms with Crippen LogP contribution in [0.3, 0.4) is 0 Å². The second-order valence-electron chi connectivity index (χ2n) is 8.84. The number of rotatable bonds is 7. The van der Waals surface area contributed by atoms with Crippen LogP contribution in [0.4, 0.5) is 5.69 Å². The SMILES string of the molecule is COc1ccc(Cl)cc1NC(=O)COC(=O)c1c2c(nc3ccccc13)CCN(Cc1ccccc1)C2. The van der Waals surface area contributed by atoms with E-state index < -0.39 is 18.5 Å². The van der Waals surface area contributed by atoms with E-state index in [1.807, 2.05) is 42.5 Å². The van der Waals surface area contributed by atoms with E-state index in [1.165, 1.54) is 12.7 Å². The summed E-state index contributed by atoms with van der Waals surface area (Å²) in [7, 11) is 1.50. The molecule has 1 amide bonds. The Morgan fingerprint density at radius 1 is 1.05 bits per heavy atom. The molecule has 0 aliphatic carbocycles. The fraction of sp³-hybridized carbons (Fsp3) is 0.207. The summed E-state index contributed by atoms with van der Waals surface area (Å²) in [6, 6.07) is 22.6. The zero-order chi connectivity index (χ0) is 25.8. The fourth-order valence-electron chi connectivity index (χ4n) is 4.62. The number of esters is 1. The summed E-state index contributed by atoms with van der Waals surface area (Å²) < 4.78 is 10.8. The second kappa shape index (κ2) is 11.0. The number of pyridine rings is 1. The summed E-state index contributed by atoms with van der Waals surface area (Å²) in [6.45, 7) is 1.73. The topological polar surface area (TPSA) is 80.8 Å². The minimum atomic E-state index is -0.551. The van der Waals surface area contributed by atoms with E-state index in [9.17, 15) is 9.59 Å². The molecular formula is C29H26ClN3O4. The molecule has 0 saturated carbocycles. The van der Waals surface area contributed by atoms with Gasteiger partial charge in [-0.2, -0.15) is 0 Å². The van der Waals surface area contributed by atoms with Crippen molar-refractivity contribution < 1.29 is 19.1 Å². The Kier molecular flexibility index (Phi) is 7.35. The largest absolute Gasteiger partial charge is 0.495 e. The standard InChI is InChI=1S/C29H26ClN3O4/c1-36-26-12-11-20(30)15-25(26)32-27(34)18-37-29(35)28-21-9-5-6-10-23(21)31-24-13-14-33(17-22(24)28)16-19-7-3-2-4-8-19/h2-12,15H,13-14,16-18H2,1H3,(H,32,34). The number of aromatic nitrogens is 1. The van der Waals surface area contributed by atoms with Crippen molar-refractivity contribution in [3.8, 4) is 5.75 Å². The number of halogens is 1. The van der Waals surface area contributed by atoms with Crippen LogP contribution in [-0.4, -0.2) is 42.0 Å². The maximum absolute atomic E-state index is 13.4. The molecule has 188 valence electrons. The van der Waals surface area contributed by atoms with E-state index in [4.69, 9.17) is 26.1 Å². The van der Waals surface area contributed by atoms with Gasteiger partial charge in [-0.25, -0.2) is 4.79 Å². The molecule has 4 aromatic rings. The summed E-state index contributed by atoms with van der Waals surface area (Å²) in [5, 5.41) is 3.86. The van der Waals surface area contributed by atoms with Crippen LogP contribution in [0.1, 0.15) is 27.2 Å². The molecule has 1 aliphatic rings. The molecule has 5 rings (SSSR count). The summed E-state index contributed by atoms with van der Waals surface area (Å²) in [5.41, 5.74) is 4.55. The highest BCUT2D eigenvalue weighted by atomic mass is 35.5. The predicted molar refractivity (Wildman–Crippen MR) is 143 cm³/mol. The highest BCUT2D eigenvalue weighted by molar-refractivity contribution is 6.31. The van der Waals surface area contributed by atoms with Gasteiger partial charge in [0, 0.05) is 47.7 Å². The molecule has 1 aliphatic heterocycles. The summed E-state index contributed by atoms with van der Waals surface area (Å²) in [4.78, 5) is 33.2. The van der Waals surface area contributed by atoms with Gasteiger partial charge in [-0.15, -0.1) is 0 Å². The van der Waals surface area contributed by atoms with Crippen LogP contribution >= 0.6 is 11.6 Å². The third-order valence-corrected chi connectivity index (χ3v) is 6.58. The van der Waals surface area contributed by atoms with Crippen molar-refractivity contribution in [3.05, 3.63) is 100 Å². The zero-order valence-electron chi connectivity index (χ0n) is 20.4. The lowest BCUT2D eigenvalue weighted by Crippen LogP contribution is -2.32. The number of carbonyl (C=O) groups excluding carboxylic acids is 2. The van der Waals surface area contributed by atoms with Gasteiger partial charge >= 0.3 is 5.97 Å². The molecule has 0 atom stereocenters. The lowest BCUT2D eigenvalue weighted by Gasteiger charge is -2.30. The van der Waals surface area contributed by atoms with Crippen LogP contribution in [0.25, 0.3) is 10.9 Å². The summed E-state index contributed by atoms with van der Waals surface area (Å²) in [6.07, 6.45) is 0.725. The van der Waals surface area contributed by atoms with Crippen molar-refractivity contribution >= 4 is 40.1 Å². The van der Waals surface area contributed by atoms with Crippen molar-refractivity contribution in [3.63, 3.8) is 0 Å². The van der Waals surface area contributed by atoms with Crippen molar-refractivity contribution in [2.75, 3.05) is 25.6 Å². The summed E-state index contributed by atoms with van der Waals surface area (Å²) in [5.74, 6) is -0.590. The van der Waals surface area contributed by atoms with Gasteiger partial charge in [-0.3, -0.25) is 14.7 Å². The molecule has 0 saturated heterocycles. The first-order valence-corrected chi connectivity index (χ1v) is 12.4. The number of amides is 1. The van der Waals surface area contributed by atoms with Crippen molar-refractivity contribution in [2.45, 2.75) is 19.5 Å². The molecule has 0 fully saturated rings. The smallest absolute Gasteiger partial charge is 0.339 e. The van der Waals surface area contributed by atoms with E-state index in [2.05, 4.69) is 22.3 Å². The molecule has 2 heterocycles. The summed E-state index contributed by atoms with van der Waals surface area (Å²) >= 11 is 6.05. The highest BCUT2D eigenvalue weighted by Gasteiger charge is 2.27. The molecule has 0 radical (unpaired) electrons. The van der Waals surface area contributed by atoms with E-state index in [1.54, 1.807) is 18.2 Å². The maximum atomic E-state index is 13.4. The van der Waals surface area contributed by atoms with Crippen LogP contribution in [0.2, 0.25) is 5.02 Å². The Balaban J connectivity index is 1.37. The van der Waals surface area contributed by atoms with Crippen LogP contribution < -0.4 is 10.1 Å². The van der Waals surface area contributed by atoms with E-state index in [0.29, 0.717) is 34.0 Å². The molecule has 1 aromatic heterocycles. The van der Waals surface area contributed by atoms with E-state index in [-0.39, 0.29) is 0 Å². The Morgan fingerprint density at radius 2 is 1.84 bits per heavy atom. The third kappa shape index (κ3) is 5.58. The number of hydrogen-bond donors (Lipinski definition) is 1. The van der Waals surface area contributed by atoms with Gasteiger partial charge in [-0.05, 0) is 29.8 Å². The number of anilines is 1. The molecule has 8 heteroatoms. The average molecular weight is 516 g/mol. The molecular weight excluding hydrogens is 490 g/mol. The molecule has 37 heavy (non-hydrogen) atoms. The first-order valence-electron chi connectivity index (χ1n) is 12.0. The fourth-order valence-corrected chi connectivity index (χ4v) is 4.80. The lowest BCUT2D eigenvalue weighted by atomic mass is 9.95. The molecule has 3 aromatic carbocycles. The average Bonchev–Trinajstić information content (AvgIpc) is 2.91. The highest BCUT2D eigenvalue weighted by Crippen LogP contribution is 2.30. The number of nitrogens with one attached hydrogen (secondary N) is 1. The minimum absolute atomic E-state index is 0.402. The van der Waals surface area contributed by atoms with Crippen LogP contribution in [-0.2, 0) is 29.0 Å². The van der Waals surface area contributed by atoms with Crippen molar-refractivity contribution in [1.82, 2.24) is 9.88 Å². The number of ether oxygens (including phenoxy) is 2. The number of nitrogens with zero attached hydrogens (tertiary/aromatic N) is 2. The Labute approximate surface area is 220 Å². The number of methoxy groups -OCH3 is 1. The van der Waals surface area contributed by atoms with E-state index >= 15 is 0 Å². The van der Waals surface area contributed by atoms with Gasteiger partial charge in [-0.1, -0.05) is 60.1 Å². The van der Waals surface area contributed by atoms with Gasteiger partial charge in [0.1, 0.15) is 5.75 Å². The Hall–Kier alpha value is -3.94. The van der Waals surface area contributed by atoms with Gasteiger partial charge in [0.2, 0.25) is 0 Å².